The third kappa shape index (κ3) is 2.55. The highest BCUT2D eigenvalue weighted by Gasteiger charge is 2.30. The van der Waals surface area contributed by atoms with Crippen LogP contribution in [0.4, 0.5) is 8.78 Å². The topological polar surface area (TPSA) is 57.5 Å². The molecule has 0 aliphatic rings. The number of aliphatic hydroxyl groups is 1. The Bertz CT molecular complexity index is 427. The maximum absolute atomic E-state index is 13.5. The molecule has 0 aliphatic heterocycles. The van der Waals surface area contributed by atoms with Gasteiger partial charge in [0.15, 0.2) is 0 Å². The van der Waals surface area contributed by atoms with Gasteiger partial charge < -0.3 is 10.2 Å². The summed E-state index contributed by atoms with van der Waals surface area (Å²) in [4.78, 5) is 10.5. The molecule has 1 rings (SSSR count). The van der Waals surface area contributed by atoms with Crippen LogP contribution in [0.1, 0.15) is 24.5 Å². The van der Waals surface area contributed by atoms with Crippen LogP contribution in [0, 0.1) is 18.6 Å². The van der Waals surface area contributed by atoms with Crippen molar-refractivity contribution >= 4 is 5.97 Å². The predicted molar refractivity (Wildman–Crippen MR) is 52.9 cm³/mol. The van der Waals surface area contributed by atoms with Gasteiger partial charge in [0, 0.05) is 5.56 Å². The smallest absolute Gasteiger partial charge is 0.306 e. The molecule has 0 saturated heterocycles. The highest BCUT2D eigenvalue weighted by Crippen LogP contribution is 2.28. The highest BCUT2D eigenvalue weighted by atomic mass is 19.1. The second-order valence-corrected chi connectivity index (χ2v) is 3.93. The molecular weight excluding hydrogens is 218 g/mol. The minimum absolute atomic E-state index is 0.104. The monoisotopic (exact) mass is 230 g/mol. The first-order valence-electron chi connectivity index (χ1n) is 4.64. The summed E-state index contributed by atoms with van der Waals surface area (Å²) < 4.78 is 26.7. The summed E-state index contributed by atoms with van der Waals surface area (Å²) in [6.45, 7) is 2.52. The molecule has 0 aromatic heterocycles. The number of aryl methyl sites for hydroxylation is 1. The zero-order valence-electron chi connectivity index (χ0n) is 8.92. The zero-order chi connectivity index (χ0) is 12.5. The van der Waals surface area contributed by atoms with Crippen molar-refractivity contribution in [3.05, 3.63) is 34.9 Å². The van der Waals surface area contributed by atoms with Gasteiger partial charge in [-0.3, -0.25) is 4.79 Å². The van der Waals surface area contributed by atoms with E-state index in [1.807, 2.05) is 0 Å². The lowest BCUT2D eigenvalue weighted by molar-refractivity contribution is -0.142. The van der Waals surface area contributed by atoms with Crippen LogP contribution in [0.15, 0.2) is 12.1 Å². The summed E-state index contributed by atoms with van der Waals surface area (Å²) in [6.07, 6.45) is -0.688. The Labute approximate surface area is 91.3 Å². The number of hydrogen-bond donors (Lipinski definition) is 2. The molecule has 1 aromatic carbocycles. The molecule has 0 heterocycles. The van der Waals surface area contributed by atoms with Gasteiger partial charge in [-0.05, 0) is 31.5 Å². The lowest BCUT2D eigenvalue weighted by Gasteiger charge is -2.22. The number of rotatable bonds is 3. The summed E-state index contributed by atoms with van der Waals surface area (Å²) in [5.74, 6) is -2.78. The van der Waals surface area contributed by atoms with Crippen LogP contribution in [0.2, 0.25) is 0 Å². The molecule has 1 unspecified atom stereocenters. The van der Waals surface area contributed by atoms with Gasteiger partial charge in [-0.25, -0.2) is 8.78 Å². The van der Waals surface area contributed by atoms with E-state index in [-0.39, 0.29) is 11.1 Å². The quantitative estimate of drug-likeness (QED) is 0.834. The summed E-state index contributed by atoms with van der Waals surface area (Å²) in [6, 6.07) is 1.76. The number of benzene rings is 1. The number of hydrogen-bond acceptors (Lipinski definition) is 2. The zero-order valence-corrected chi connectivity index (χ0v) is 8.92. The van der Waals surface area contributed by atoms with Crippen LogP contribution in [0.5, 0.6) is 0 Å². The SMILES string of the molecule is Cc1cc(F)c(C(C)(O)CC(=O)O)cc1F. The van der Waals surface area contributed by atoms with Crippen molar-refractivity contribution in [2.24, 2.45) is 0 Å². The molecule has 1 aromatic rings. The molecule has 88 valence electrons. The van der Waals surface area contributed by atoms with E-state index in [1.165, 1.54) is 6.92 Å². The van der Waals surface area contributed by atoms with Crippen molar-refractivity contribution in [1.29, 1.82) is 0 Å². The molecule has 16 heavy (non-hydrogen) atoms. The number of carboxylic acid groups (broad SMARTS) is 1. The summed E-state index contributed by atoms with van der Waals surface area (Å²) >= 11 is 0. The van der Waals surface area contributed by atoms with E-state index >= 15 is 0 Å². The molecule has 1 atom stereocenters. The molecule has 0 bridgehead atoms. The molecule has 0 aliphatic carbocycles. The van der Waals surface area contributed by atoms with Gasteiger partial charge in [0.1, 0.15) is 17.2 Å². The van der Waals surface area contributed by atoms with E-state index in [2.05, 4.69) is 0 Å². The van der Waals surface area contributed by atoms with Crippen molar-refractivity contribution < 1.29 is 23.8 Å². The Kier molecular flexibility index (Phi) is 3.28. The Morgan fingerprint density at radius 1 is 1.38 bits per heavy atom. The summed E-state index contributed by atoms with van der Waals surface area (Å²) in [5, 5.41) is 18.3. The fraction of sp³-hybridized carbons (Fsp3) is 0.364. The van der Waals surface area contributed by atoms with Crippen LogP contribution in [-0.4, -0.2) is 16.2 Å². The minimum Gasteiger partial charge on any atom is -0.481 e. The normalized spacial score (nSPS) is 14.6. The molecule has 0 radical (unpaired) electrons. The van der Waals surface area contributed by atoms with E-state index in [4.69, 9.17) is 5.11 Å². The first kappa shape index (κ1) is 12.6. The van der Waals surface area contributed by atoms with Crippen molar-refractivity contribution in [2.75, 3.05) is 0 Å². The lowest BCUT2D eigenvalue weighted by atomic mass is 9.91. The van der Waals surface area contributed by atoms with Crippen molar-refractivity contribution in [1.82, 2.24) is 0 Å². The van der Waals surface area contributed by atoms with Crippen LogP contribution in [0.3, 0.4) is 0 Å². The minimum atomic E-state index is -1.93. The predicted octanol–water partition coefficient (Wildman–Crippen LogP) is 1.96. The van der Waals surface area contributed by atoms with Gasteiger partial charge in [-0.15, -0.1) is 0 Å². The largest absolute Gasteiger partial charge is 0.481 e. The van der Waals surface area contributed by atoms with Crippen LogP contribution in [-0.2, 0) is 10.4 Å². The molecule has 5 heteroatoms. The molecular formula is C11H12F2O3. The Morgan fingerprint density at radius 3 is 2.44 bits per heavy atom. The Hall–Kier alpha value is -1.49. The van der Waals surface area contributed by atoms with Gasteiger partial charge in [0.25, 0.3) is 0 Å². The van der Waals surface area contributed by atoms with Gasteiger partial charge >= 0.3 is 5.97 Å². The second kappa shape index (κ2) is 4.17. The fourth-order valence-corrected chi connectivity index (χ4v) is 1.45. The van der Waals surface area contributed by atoms with Crippen LogP contribution in [0.25, 0.3) is 0 Å². The first-order valence-corrected chi connectivity index (χ1v) is 4.64. The first-order chi connectivity index (χ1) is 7.24. The van der Waals surface area contributed by atoms with Gasteiger partial charge in [-0.1, -0.05) is 0 Å². The summed E-state index contributed by atoms with van der Waals surface area (Å²) in [7, 11) is 0. The van der Waals surface area contributed by atoms with Crippen molar-refractivity contribution in [2.45, 2.75) is 25.9 Å². The van der Waals surface area contributed by atoms with Crippen LogP contribution < -0.4 is 0 Å². The average molecular weight is 230 g/mol. The van der Waals surface area contributed by atoms with Gasteiger partial charge in [-0.2, -0.15) is 0 Å². The van der Waals surface area contributed by atoms with E-state index in [0.717, 1.165) is 19.1 Å². The van der Waals surface area contributed by atoms with Crippen molar-refractivity contribution in [3.8, 4) is 0 Å². The molecule has 2 N–H and O–H groups in total. The molecule has 3 nitrogen and oxygen atoms in total. The molecule has 0 amide bonds. The van der Waals surface area contributed by atoms with E-state index in [1.54, 1.807) is 0 Å². The van der Waals surface area contributed by atoms with Gasteiger partial charge in [0.2, 0.25) is 0 Å². The standard InChI is InChI=1S/C11H12F2O3/c1-6-3-9(13)7(4-8(6)12)11(2,16)5-10(14)15/h3-4,16H,5H2,1-2H3,(H,14,15). The van der Waals surface area contributed by atoms with E-state index in [9.17, 15) is 18.7 Å². The summed E-state index contributed by atoms with van der Waals surface area (Å²) in [5.41, 5.74) is -2.17. The lowest BCUT2D eigenvalue weighted by Crippen LogP contribution is -2.26. The molecule has 0 saturated carbocycles. The van der Waals surface area contributed by atoms with Crippen LogP contribution >= 0.6 is 0 Å². The third-order valence-electron chi connectivity index (χ3n) is 2.32. The molecule has 0 spiro atoms. The maximum atomic E-state index is 13.5. The highest BCUT2D eigenvalue weighted by molar-refractivity contribution is 5.68. The van der Waals surface area contributed by atoms with E-state index < -0.39 is 29.6 Å². The number of carbonyl (C=O) groups is 1. The molecule has 0 fully saturated rings. The number of carboxylic acids is 1. The maximum Gasteiger partial charge on any atom is 0.306 e. The van der Waals surface area contributed by atoms with E-state index in [0.29, 0.717) is 0 Å². The Balaban J connectivity index is 3.22. The Morgan fingerprint density at radius 2 is 1.94 bits per heavy atom. The number of halogens is 2. The fourth-order valence-electron chi connectivity index (χ4n) is 1.45. The number of aliphatic carboxylic acids is 1. The average Bonchev–Trinajstić information content (AvgIpc) is 2.08. The van der Waals surface area contributed by atoms with Gasteiger partial charge in [0.05, 0.1) is 6.42 Å². The third-order valence-corrected chi connectivity index (χ3v) is 2.32. The second-order valence-electron chi connectivity index (χ2n) is 3.93. The van der Waals surface area contributed by atoms with Crippen molar-refractivity contribution in [3.63, 3.8) is 0 Å².